The molecule has 2 aromatic rings. The van der Waals surface area contributed by atoms with Crippen molar-refractivity contribution in [3.63, 3.8) is 0 Å². The van der Waals surface area contributed by atoms with Crippen LogP contribution in [0.15, 0.2) is 29.3 Å². The van der Waals surface area contributed by atoms with Crippen molar-refractivity contribution in [3.05, 3.63) is 57.5 Å². The number of aromatic amines is 1. The Morgan fingerprint density at radius 2 is 1.71 bits per heavy atom. The predicted octanol–water partition coefficient (Wildman–Crippen LogP) is 4.54. The van der Waals surface area contributed by atoms with Gasteiger partial charge in [-0.2, -0.15) is 0 Å². The summed E-state index contributed by atoms with van der Waals surface area (Å²) in [5, 5.41) is 0. The number of H-pyrrole nitrogens is 1. The Morgan fingerprint density at radius 1 is 1.00 bits per heavy atom. The number of hydrogen-bond donors (Lipinski definition) is 1. The quantitative estimate of drug-likeness (QED) is 0.812. The molecule has 2 aromatic heterocycles. The molecule has 0 saturated carbocycles. The summed E-state index contributed by atoms with van der Waals surface area (Å²) in [5.74, 6) is 1.11. The van der Waals surface area contributed by atoms with Gasteiger partial charge in [0.1, 0.15) is 0 Å². The molecule has 2 heterocycles. The summed E-state index contributed by atoms with van der Waals surface area (Å²) >= 11 is 0. The summed E-state index contributed by atoms with van der Waals surface area (Å²) < 4.78 is 0. The Morgan fingerprint density at radius 3 is 2.38 bits per heavy atom. The minimum atomic E-state index is -0.000232. The Labute approximate surface area is 144 Å². The standard InChI is InChI=1S/C20H29N3O/c1-13(2)17-9-16(10-20(24)23-17)8-6-7-15(5)19-12-21-11-18(22-19)14(3)4/h9-15H,6-8H2,1-5H3,(H,23,24). The van der Waals surface area contributed by atoms with E-state index in [1.807, 2.05) is 12.4 Å². The van der Waals surface area contributed by atoms with Crippen molar-refractivity contribution in [3.8, 4) is 0 Å². The van der Waals surface area contributed by atoms with Gasteiger partial charge in [0.2, 0.25) is 5.56 Å². The lowest BCUT2D eigenvalue weighted by atomic mass is 9.97. The van der Waals surface area contributed by atoms with Gasteiger partial charge >= 0.3 is 0 Å². The highest BCUT2D eigenvalue weighted by Gasteiger charge is 2.11. The molecule has 4 heteroatoms. The molecule has 2 rings (SSSR count). The molecule has 0 bridgehead atoms. The smallest absolute Gasteiger partial charge is 0.248 e. The molecule has 1 atom stereocenters. The molecule has 0 aliphatic rings. The first kappa shape index (κ1) is 18.4. The number of nitrogens with zero attached hydrogens (tertiary/aromatic N) is 2. The topological polar surface area (TPSA) is 58.6 Å². The van der Waals surface area contributed by atoms with E-state index < -0.39 is 0 Å². The second-order valence-corrected chi connectivity index (χ2v) is 7.28. The third-order valence-electron chi connectivity index (χ3n) is 4.42. The zero-order valence-corrected chi connectivity index (χ0v) is 15.5. The van der Waals surface area contributed by atoms with Crippen molar-refractivity contribution in [2.45, 2.75) is 71.6 Å². The highest BCUT2D eigenvalue weighted by molar-refractivity contribution is 5.19. The van der Waals surface area contributed by atoms with Crippen LogP contribution in [0.4, 0.5) is 0 Å². The average molecular weight is 327 g/mol. The first-order valence-electron chi connectivity index (χ1n) is 8.91. The van der Waals surface area contributed by atoms with Crippen molar-refractivity contribution < 1.29 is 0 Å². The van der Waals surface area contributed by atoms with E-state index in [2.05, 4.69) is 50.7 Å². The molecule has 4 nitrogen and oxygen atoms in total. The molecule has 0 fully saturated rings. The van der Waals surface area contributed by atoms with E-state index in [0.29, 0.717) is 17.8 Å². The van der Waals surface area contributed by atoms with Crippen LogP contribution in [0.5, 0.6) is 0 Å². The molecule has 0 saturated heterocycles. The molecular weight excluding hydrogens is 298 g/mol. The lowest BCUT2D eigenvalue weighted by Gasteiger charge is -2.13. The fraction of sp³-hybridized carbons (Fsp3) is 0.550. The van der Waals surface area contributed by atoms with Crippen molar-refractivity contribution in [1.82, 2.24) is 15.0 Å². The molecule has 0 spiro atoms. The van der Waals surface area contributed by atoms with Crippen LogP contribution in [-0.2, 0) is 6.42 Å². The molecule has 0 radical (unpaired) electrons. The Kier molecular flexibility index (Phi) is 6.29. The summed E-state index contributed by atoms with van der Waals surface area (Å²) in [6.45, 7) is 10.7. The van der Waals surface area contributed by atoms with E-state index in [4.69, 9.17) is 4.98 Å². The zero-order chi connectivity index (χ0) is 17.7. The van der Waals surface area contributed by atoms with Gasteiger partial charge < -0.3 is 4.98 Å². The van der Waals surface area contributed by atoms with Crippen LogP contribution < -0.4 is 5.56 Å². The minimum absolute atomic E-state index is 0.000232. The van der Waals surface area contributed by atoms with Crippen molar-refractivity contribution >= 4 is 0 Å². The summed E-state index contributed by atoms with van der Waals surface area (Å²) in [5.41, 5.74) is 4.25. The summed E-state index contributed by atoms with van der Waals surface area (Å²) in [4.78, 5) is 23.7. The molecule has 0 amide bonds. The third kappa shape index (κ3) is 5.02. The van der Waals surface area contributed by atoms with E-state index in [0.717, 1.165) is 41.9 Å². The summed E-state index contributed by atoms with van der Waals surface area (Å²) in [6, 6.07) is 3.84. The van der Waals surface area contributed by atoms with E-state index in [1.54, 1.807) is 6.07 Å². The Balaban J connectivity index is 1.96. The normalized spacial score (nSPS) is 12.8. The fourth-order valence-corrected chi connectivity index (χ4v) is 2.75. The van der Waals surface area contributed by atoms with Crippen LogP contribution in [0.25, 0.3) is 0 Å². The average Bonchev–Trinajstić information content (AvgIpc) is 2.54. The maximum Gasteiger partial charge on any atom is 0.248 e. The van der Waals surface area contributed by atoms with Crippen LogP contribution in [0.2, 0.25) is 0 Å². The van der Waals surface area contributed by atoms with Crippen molar-refractivity contribution in [1.29, 1.82) is 0 Å². The summed E-state index contributed by atoms with van der Waals surface area (Å²) in [6.07, 6.45) is 6.73. The summed E-state index contributed by atoms with van der Waals surface area (Å²) in [7, 11) is 0. The minimum Gasteiger partial charge on any atom is -0.326 e. The highest BCUT2D eigenvalue weighted by Crippen LogP contribution is 2.21. The number of aryl methyl sites for hydroxylation is 1. The first-order chi connectivity index (χ1) is 11.4. The van der Waals surface area contributed by atoms with Crippen molar-refractivity contribution in [2.75, 3.05) is 0 Å². The van der Waals surface area contributed by atoms with Crippen LogP contribution in [0, 0.1) is 0 Å². The van der Waals surface area contributed by atoms with Gasteiger partial charge in [-0.3, -0.25) is 14.8 Å². The van der Waals surface area contributed by atoms with Gasteiger partial charge in [-0.1, -0.05) is 34.6 Å². The molecular formula is C20H29N3O. The van der Waals surface area contributed by atoms with E-state index in [-0.39, 0.29) is 5.56 Å². The number of nitrogens with one attached hydrogen (secondary N) is 1. The van der Waals surface area contributed by atoms with Gasteiger partial charge in [-0.05, 0) is 48.6 Å². The third-order valence-corrected chi connectivity index (χ3v) is 4.42. The SMILES string of the molecule is CC(C)c1cncc(C(C)CCCc2cc(C(C)C)[nH]c(=O)c2)n1. The molecule has 1 N–H and O–H groups in total. The monoisotopic (exact) mass is 327 g/mol. The van der Waals surface area contributed by atoms with Crippen LogP contribution >= 0.6 is 0 Å². The molecule has 0 aromatic carbocycles. The Hall–Kier alpha value is -1.97. The van der Waals surface area contributed by atoms with Crippen LogP contribution in [-0.4, -0.2) is 15.0 Å². The number of hydrogen-bond acceptors (Lipinski definition) is 3. The largest absolute Gasteiger partial charge is 0.326 e. The fourth-order valence-electron chi connectivity index (χ4n) is 2.75. The number of rotatable bonds is 7. The maximum atomic E-state index is 11.8. The second-order valence-electron chi connectivity index (χ2n) is 7.28. The van der Waals surface area contributed by atoms with Gasteiger partial charge in [-0.25, -0.2) is 0 Å². The van der Waals surface area contributed by atoms with E-state index in [9.17, 15) is 4.79 Å². The molecule has 1 unspecified atom stereocenters. The lowest BCUT2D eigenvalue weighted by Crippen LogP contribution is -2.10. The molecule has 0 aliphatic carbocycles. The van der Waals surface area contributed by atoms with Gasteiger partial charge in [-0.15, -0.1) is 0 Å². The second kappa shape index (κ2) is 8.22. The molecule has 0 aliphatic heterocycles. The van der Waals surface area contributed by atoms with E-state index in [1.165, 1.54) is 0 Å². The maximum absolute atomic E-state index is 11.8. The Bertz CT molecular complexity index is 719. The number of pyridine rings is 1. The van der Waals surface area contributed by atoms with E-state index >= 15 is 0 Å². The van der Waals surface area contributed by atoms with Gasteiger partial charge in [0.05, 0.1) is 11.4 Å². The van der Waals surface area contributed by atoms with Crippen LogP contribution in [0.3, 0.4) is 0 Å². The predicted molar refractivity (Wildman–Crippen MR) is 98.6 cm³/mol. The highest BCUT2D eigenvalue weighted by atomic mass is 16.1. The molecule has 130 valence electrons. The number of aromatic nitrogens is 3. The van der Waals surface area contributed by atoms with Gasteiger partial charge in [0.15, 0.2) is 0 Å². The zero-order valence-electron chi connectivity index (χ0n) is 15.5. The van der Waals surface area contributed by atoms with Crippen molar-refractivity contribution in [2.24, 2.45) is 0 Å². The van der Waals surface area contributed by atoms with Gasteiger partial charge in [0.25, 0.3) is 0 Å². The van der Waals surface area contributed by atoms with Crippen LogP contribution in [0.1, 0.15) is 87.9 Å². The molecule has 24 heavy (non-hydrogen) atoms. The lowest BCUT2D eigenvalue weighted by molar-refractivity contribution is 0.610. The first-order valence-corrected chi connectivity index (χ1v) is 8.91. The van der Waals surface area contributed by atoms with Gasteiger partial charge in [0, 0.05) is 24.2 Å².